The van der Waals surface area contributed by atoms with Gasteiger partial charge in [-0.3, -0.25) is 14.8 Å². The third-order valence-electron chi connectivity index (χ3n) is 8.99. The molecule has 4 aromatic rings. The quantitative estimate of drug-likeness (QED) is 0.110. The molecule has 5 rings (SSSR count). The topological polar surface area (TPSA) is 63.1 Å². The number of carbonyl (C=O) groups excluding carboxylic acids is 1. The van der Waals surface area contributed by atoms with E-state index in [1.807, 2.05) is 33.9 Å². The molecule has 1 aliphatic carbocycles. The molecule has 0 unspecified atom stereocenters. The minimum Gasteiger partial charge on any atom is -0.512 e. The summed E-state index contributed by atoms with van der Waals surface area (Å²) in [5.74, 6) is 0.547. The Labute approximate surface area is 284 Å². The number of aliphatic hydroxyl groups excluding tert-OH is 1. The van der Waals surface area contributed by atoms with Gasteiger partial charge in [-0.2, -0.15) is 0 Å². The van der Waals surface area contributed by atoms with Crippen LogP contribution in [0.3, 0.4) is 0 Å². The van der Waals surface area contributed by atoms with E-state index in [4.69, 9.17) is 9.97 Å². The fourth-order valence-electron chi connectivity index (χ4n) is 6.28. The Morgan fingerprint density at radius 3 is 2.24 bits per heavy atom. The molecule has 0 atom stereocenters. The predicted molar refractivity (Wildman–Crippen MR) is 184 cm³/mol. The minimum absolute atomic E-state index is 0. The normalized spacial score (nSPS) is 12.7. The first-order valence-corrected chi connectivity index (χ1v) is 16.4. The zero-order chi connectivity index (χ0) is 32.0. The van der Waals surface area contributed by atoms with Crippen LogP contribution in [0.1, 0.15) is 96.7 Å². The van der Waals surface area contributed by atoms with Gasteiger partial charge in [-0.1, -0.05) is 83.7 Å². The summed E-state index contributed by atoms with van der Waals surface area (Å²) < 4.78 is 0. The maximum atomic E-state index is 11.7. The van der Waals surface area contributed by atoms with Gasteiger partial charge in [0.1, 0.15) is 0 Å². The van der Waals surface area contributed by atoms with E-state index in [0.29, 0.717) is 0 Å². The van der Waals surface area contributed by atoms with Gasteiger partial charge in [0.05, 0.1) is 5.76 Å². The number of nitrogens with zero attached hydrogens (tertiary/aromatic N) is 2. The van der Waals surface area contributed by atoms with Crippen molar-refractivity contribution in [3.63, 3.8) is 0 Å². The molecular weight excluding hydrogens is 733 g/mol. The van der Waals surface area contributed by atoms with Gasteiger partial charge >= 0.3 is 0 Å². The van der Waals surface area contributed by atoms with E-state index in [1.54, 1.807) is 0 Å². The number of fused-ring (bicyclic) bond motifs is 4. The summed E-state index contributed by atoms with van der Waals surface area (Å²) in [5, 5.41) is 12.2. The zero-order valence-electron chi connectivity index (χ0n) is 28.3. The molecule has 1 N–H and O–H groups in total. The van der Waals surface area contributed by atoms with Gasteiger partial charge in [-0.25, -0.2) is 0 Å². The molecule has 2 aromatic carbocycles. The summed E-state index contributed by atoms with van der Waals surface area (Å²) in [4.78, 5) is 21.3. The van der Waals surface area contributed by atoms with Crippen LogP contribution in [-0.2, 0) is 43.2 Å². The van der Waals surface area contributed by atoms with Crippen molar-refractivity contribution in [3.8, 4) is 22.4 Å². The molecule has 0 bridgehead atoms. The summed E-state index contributed by atoms with van der Waals surface area (Å²) >= 11 is 0. The number of aromatic nitrogens is 2. The Hall–Kier alpha value is -3.14. The van der Waals surface area contributed by atoms with Gasteiger partial charge < -0.3 is 5.11 Å². The van der Waals surface area contributed by atoms with Crippen LogP contribution in [0, 0.1) is 24.8 Å². The first kappa shape index (κ1) is 36.3. The molecule has 4 nitrogen and oxygen atoms in total. The average Bonchev–Trinajstić information content (AvgIpc) is 3.01. The summed E-state index contributed by atoms with van der Waals surface area (Å²) in [6.07, 6.45) is 8.77. The van der Waals surface area contributed by atoms with Crippen LogP contribution in [0.4, 0.5) is 0 Å². The van der Waals surface area contributed by atoms with Crippen LogP contribution in [0.2, 0.25) is 0 Å². The minimum atomic E-state index is 0. The summed E-state index contributed by atoms with van der Waals surface area (Å²) in [5.41, 5.74) is 9.66. The predicted octanol–water partition coefficient (Wildman–Crippen LogP) is 10.3. The van der Waals surface area contributed by atoms with Crippen molar-refractivity contribution < 1.29 is 30.0 Å². The van der Waals surface area contributed by atoms with Crippen molar-refractivity contribution in [1.82, 2.24) is 9.97 Å². The number of allylic oxidation sites excluding steroid dienone is 2. The summed E-state index contributed by atoms with van der Waals surface area (Å²) in [6.45, 7) is 17.0. The molecule has 241 valence electrons. The molecular formula is C40H49IrN2O2-. The van der Waals surface area contributed by atoms with Crippen molar-refractivity contribution in [2.75, 3.05) is 0 Å². The molecule has 0 spiro atoms. The molecule has 0 amide bonds. The second kappa shape index (κ2) is 15.9. The number of rotatable bonds is 8. The number of aliphatic hydroxyl groups is 1. The van der Waals surface area contributed by atoms with E-state index < -0.39 is 0 Å². The van der Waals surface area contributed by atoms with Crippen molar-refractivity contribution in [1.29, 1.82) is 0 Å². The number of aryl methyl sites for hydroxylation is 2. The van der Waals surface area contributed by atoms with Crippen molar-refractivity contribution in [2.45, 2.75) is 99.3 Å². The maximum Gasteiger partial charge on any atom is 0.162 e. The van der Waals surface area contributed by atoms with E-state index >= 15 is 0 Å². The second-order valence-electron chi connectivity index (χ2n) is 13.0. The monoisotopic (exact) mass is 782 g/mol. The van der Waals surface area contributed by atoms with Crippen LogP contribution in [0.5, 0.6) is 0 Å². The molecule has 0 fully saturated rings. The smallest absolute Gasteiger partial charge is 0.162 e. The van der Waals surface area contributed by atoms with Crippen LogP contribution >= 0.6 is 0 Å². The molecule has 0 aliphatic heterocycles. The van der Waals surface area contributed by atoms with E-state index in [1.165, 1.54) is 39.4 Å². The average molecular weight is 782 g/mol. The van der Waals surface area contributed by atoms with Crippen molar-refractivity contribution in [3.05, 3.63) is 95.1 Å². The number of pyridine rings is 2. The van der Waals surface area contributed by atoms with Crippen LogP contribution in [-0.4, -0.2) is 20.9 Å². The fraction of sp³-hybridized carbons (Fsp3) is 0.425. The zero-order valence-corrected chi connectivity index (χ0v) is 30.6. The maximum absolute atomic E-state index is 11.7. The molecule has 2 aromatic heterocycles. The first-order valence-electron chi connectivity index (χ1n) is 16.4. The summed E-state index contributed by atoms with van der Waals surface area (Å²) in [6, 6.07) is 21.0. The van der Waals surface area contributed by atoms with Gasteiger partial charge in [0.15, 0.2) is 5.78 Å². The number of hydrogen-bond acceptors (Lipinski definition) is 4. The van der Waals surface area contributed by atoms with Gasteiger partial charge in [0.2, 0.25) is 0 Å². The number of benzene rings is 2. The van der Waals surface area contributed by atoms with Gasteiger partial charge in [-0.15, -0.1) is 29.1 Å². The van der Waals surface area contributed by atoms with Crippen LogP contribution in [0.25, 0.3) is 33.2 Å². The second-order valence-corrected chi connectivity index (χ2v) is 13.0. The molecule has 1 aliphatic rings. The van der Waals surface area contributed by atoms with Crippen LogP contribution < -0.4 is 0 Å². The molecule has 0 saturated carbocycles. The SMILES string of the molecule is CCC(CC)C(=O)/C=C(\O)C(CC)CC.Cc1ccc2c(n1)CCc1c-2ccnc1-c1[c-]c2ccccc2c(C(C)(C)C)c1.[Ir]. The molecule has 45 heavy (non-hydrogen) atoms. The Bertz CT molecular complexity index is 1640. The van der Waals surface area contributed by atoms with Gasteiger partial charge in [0, 0.05) is 66.9 Å². The molecule has 0 saturated heterocycles. The number of ketones is 1. The van der Waals surface area contributed by atoms with Crippen LogP contribution in [0.15, 0.2) is 66.6 Å². The molecule has 1 radical (unpaired) electrons. The Balaban J connectivity index is 0.000000297. The Morgan fingerprint density at radius 1 is 0.933 bits per heavy atom. The molecule has 2 heterocycles. The largest absolute Gasteiger partial charge is 0.512 e. The van der Waals surface area contributed by atoms with E-state index in [-0.39, 0.29) is 48.9 Å². The Morgan fingerprint density at radius 2 is 1.60 bits per heavy atom. The van der Waals surface area contributed by atoms with Gasteiger partial charge in [0.25, 0.3) is 0 Å². The molecule has 5 heteroatoms. The van der Waals surface area contributed by atoms with Crippen molar-refractivity contribution in [2.24, 2.45) is 11.8 Å². The fourth-order valence-corrected chi connectivity index (χ4v) is 6.28. The number of carbonyl (C=O) groups is 1. The van der Waals surface area contributed by atoms with Crippen molar-refractivity contribution >= 4 is 16.6 Å². The summed E-state index contributed by atoms with van der Waals surface area (Å²) in [7, 11) is 0. The van der Waals surface area contributed by atoms with Gasteiger partial charge in [-0.05, 0) is 74.1 Å². The Kier molecular flexibility index (Phi) is 12.9. The number of hydrogen-bond donors (Lipinski definition) is 1. The third kappa shape index (κ3) is 8.37. The van der Waals surface area contributed by atoms with E-state index in [9.17, 15) is 9.90 Å². The standard InChI is InChI=1S/C27H25N2.C13H24O2.Ir/c1-17-9-10-22-21-13-14-28-26(23(21)11-12-25(22)29-17)19-15-18-7-5-6-8-20(18)24(16-19)27(2,3)4;1-5-10(6-2)12(14)9-13(15)11(7-3)8-4;/h5-10,13-14,16H,11-12H2,1-4H3;9-11,14H,5-8H2,1-4H3;/q-1;;/b;12-9-;. The van der Waals surface area contributed by atoms with E-state index in [2.05, 4.69) is 82.3 Å². The third-order valence-corrected chi connectivity index (χ3v) is 8.99. The van der Waals surface area contributed by atoms with E-state index in [0.717, 1.165) is 60.9 Å². The first-order chi connectivity index (χ1) is 21.0.